The number of fused-ring (bicyclic) bond motifs is 2. The van der Waals surface area contributed by atoms with Crippen LogP contribution in [0.15, 0.2) is 22.7 Å². The van der Waals surface area contributed by atoms with E-state index >= 15 is 0 Å². The molecule has 2 heterocycles. The van der Waals surface area contributed by atoms with Crippen molar-refractivity contribution in [1.82, 2.24) is 14.9 Å². The van der Waals surface area contributed by atoms with Crippen LogP contribution in [-0.4, -0.2) is 27.5 Å². The predicted molar refractivity (Wildman–Crippen MR) is 84.6 cm³/mol. The molecule has 0 spiro atoms. The molecule has 4 heteroatoms. The van der Waals surface area contributed by atoms with Gasteiger partial charge in [0.25, 0.3) is 0 Å². The summed E-state index contributed by atoms with van der Waals surface area (Å²) in [5.41, 5.74) is 2.20. The summed E-state index contributed by atoms with van der Waals surface area (Å²) in [5, 5.41) is 0. The van der Waals surface area contributed by atoms with Gasteiger partial charge in [0, 0.05) is 10.5 Å². The standard InChI is InChI=1S/C16H20BrN3/c17-12-5-6-13-14(9-12)19-16(18-13)10-20-8-7-11-3-1-2-4-15(11)20/h5-6,9,11,15H,1-4,7-8,10H2,(H,18,19)/t11-,15+/m1/s1. The van der Waals surface area contributed by atoms with E-state index in [2.05, 4.69) is 44.0 Å². The van der Waals surface area contributed by atoms with Crippen molar-refractivity contribution in [2.75, 3.05) is 6.54 Å². The van der Waals surface area contributed by atoms with Crippen molar-refractivity contribution in [3.63, 3.8) is 0 Å². The normalized spacial score (nSPS) is 27.1. The van der Waals surface area contributed by atoms with E-state index in [0.717, 1.165) is 39.8 Å². The summed E-state index contributed by atoms with van der Waals surface area (Å²) in [6.07, 6.45) is 7.06. The molecule has 2 fully saturated rings. The number of aromatic nitrogens is 2. The fraction of sp³-hybridized carbons (Fsp3) is 0.562. The molecule has 1 aliphatic heterocycles. The van der Waals surface area contributed by atoms with E-state index in [4.69, 9.17) is 4.98 Å². The van der Waals surface area contributed by atoms with Crippen LogP contribution >= 0.6 is 15.9 Å². The summed E-state index contributed by atoms with van der Waals surface area (Å²) >= 11 is 3.52. The molecular weight excluding hydrogens is 314 g/mol. The number of imidazole rings is 1. The maximum absolute atomic E-state index is 4.74. The molecule has 0 radical (unpaired) electrons. The van der Waals surface area contributed by atoms with Crippen LogP contribution < -0.4 is 0 Å². The predicted octanol–water partition coefficient (Wildman–Crippen LogP) is 4.09. The largest absolute Gasteiger partial charge is 0.341 e. The van der Waals surface area contributed by atoms with Gasteiger partial charge in [-0.2, -0.15) is 0 Å². The Hall–Kier alpha value is -0.870. The SMILES string of the molecule is Brc1ccc2nc(CN3CC[C@H]4CCCC[C@@H]43)[nH]c2c1. The van der Waals surface area contributed by atoms with Gasteiger partial charge in [0.1, 0.15) is 5.82 Å². The number of likely N-dealkylation sites (tertiary alicyclic amines) is 1. The fourth-order valence-corrected chi connectivity index (χ4v) is 4.36. The number of aromatic amines is 1. The van der Waals surface area contributed by atoms with Gasteiger partial charge in [-0.1, -0.05) is 28.8 Å². The van der Waals surface area contributed by atoms with Gasteiger partial charge in [-0.15, -0.1) is 0 Å². The summed E-state index contributed by atoms with van der Waals surface area (Å²) in [6, 6.07) is 7.05. The molecule has 4 rings (SSSR count). The molecule has 1 saturated carbocycles. The van der Waals surface area contributed by atoms with Gasteiger partial charge in [-0.25, -0.2) is 4.98 Å². The average molecular weight is 334 g/mol. The molecule has 106 valence electrons. The second-order valence-corrected chi connectivity index (χ2v) is 7.13. The van der Waals surface area contributed by atoms with Gasteiger partial charge in [0.05, 0.1) is 17.6 Å². The first-order chi connectivity index (χ1) is 9.79. The zero-order valence-electron chi connectivity index (χ0n) is 11.6. The highest BCUT2D eigenvalue weighted by Gasteiger charge is 2.35. The summed E-state index contributed by atoms with van der Waals surface area (Å²) < 4.78 is 1.11. The lowest BCUT2D eigenvalue weighted by molar-refractivity contribution is 0.173. The molecule has 0 bridgehead atoms. The molecule has 0 unspecified atom stereocenters. The number of nitrogens with one attached hydrogen (secondary N) is 1. The first-order valence-corrected chi connectivity index (χ1v) is 8.47. The molecule has 20 heavy (non-hydrogen) atoms. The second kappa shape index (κ2) is 5.15. The zero-order chi connectivity index (χ0) is 13.5. The summed E-state index contributed by atoms with van der Waals surface area (Å²) in [6.45, 7) is 2.23. The van der Waals surface area contributed by atoms with E-state index in [0.29, 0.717) is 0 Å². The number of nitrogens with zero attached hydrogens (tertiary/aromatic N) is 2. The first-order valence-electron chi connectivity index (χ1n) is 7.68. The van der Waals surface area contributed by atoms with Crippen LogP contribution in [0.4, 0.5) is 0 Å². The quantitative estimate of drug-likeness (QED) is 0.897. The van der Waals surface area contributed by atoms with Crippen molar-refractivity contribution in [2.24, 2.45) is 5.92 Å². The molecule has 1 aromatic heterocycles. The van der Waals surface area contributed by atoms with Crippen molar-refractivity contribution in [1.29, 1.82) is 0 Å². The molecule has 1 N–H and O–H groups in total. The monoisotopic (exact) mass is 333 g/mol. The molecule has 2 aromatic rings. The lowest BCUT2D eigenvalue weighted by Crippen LogP contribution is -2.34. The number of rotatable bonds is 2. The van der Waals surface area contributed by atoms with Crippen LogP contribution in [0.5, 0.6) is 0 Å². The molecule has 2 atom stereocenters. The van der Waals surface area contributed by atoms with Gasteiger partial charge in [-0.05, 0) is 49.9 Å². The van der Waals surface area contributed by atoms with Crippen molar-refractivity contribution in [3.8, 4) is 0 Å². The Morgan fingerprint density at radius 2 is 2.15 bits per heavy atom. The Balaban J connectivity index is 1.55. The molecule has 2 aliphatic rings. The Bertz CT molecular complexity index is 621. The third-order valence-electron chi connectivity index (χ3n) is 4.97. The lowest BCUT2D eigenvalue weighted by atomic mass is 9.85. The minimum absolute atomic E-state index is 0.809. The van der Waals surface area contributed by atoms with Crippen molar-refractivity contribution in [3.05, 3.63) is 28.5 Å². The number of halogens is 1. The Morgan fingerprint density at radius 3 is 3.10 bits per heavy atom. The summed E-state index contributed by atoms with van der Waals surface area (Å²) in [5.74, 6) is 2.06. The Kier molecular flexibility index (Phi) is 3.31. The first kappa shape index (κ1) is 12.8. The molecule has 1 saturated heterocycles. The fourth-order valence-electron chi connectivity index (χ4n) is 4.00. The van der Waals surface area contributed by atoms with Crippen molar-refractivity contribution < 1.29 is 0 Å². The van der Waals surface area contributed by atoms with E-state index in [1.807, 2.05) is 0 Å². The van der Waals surface area contributed by atoms with Crippen LogP contribution in [0.2, 0.25) is 0 Å². The van der Waals surface area contributed by atoms with E-state index in [1.54, 1.807) is 0 Å². The number of H-pyrrole nitrogens is 1. The molecular formula is C16H20BrN3. The van der Waals surface area contributed by atoms with E-state index < -0.39 is 0 Å². The minimum atomic E-state index is 0.809. The van der Waals surface area contributed by atoms with Crippen LogP contribution in [0, 0.1) is 5.92 Å². The van der Waals surface area contributed by atoms with Gasteiger partial charge in [-0.3, -0.25) is 4.90 Å². The molecule has 0 amide bonds. The van der Waals surface area contributed by atoms with Crippen LogP contribution in [0.3, 0.4) is 0 Å². The van der Waals surface area contributed by atoms with Crippen molar-refractivity contribution in [2.45, 2.75) is 44.7 Å². The molecule has 1 aliphatic carbocycles. The maximum atomic E-state index is 4.74. The van der Waals surface area contributed by atoms with Crippen LogP contribution in [0.25, 0.3) is 11.0 Å². The van der Waals surface area contributed by atoms with E-state index in [1.165, 1.54) is 38.6 Å². The highest BCUT2D eigenvalue weighted by Crippen LogP contribution is 2.36. The van der Waals surface area contributed by atoms with Gasteiger partial charge < -0.3 is 4.98 Å². The Labute approximate surface area is 127 Å². The third kappa shape index (κ3) is 2.29. The number of hydrogen-bond acceptors (Lipinski definition) is 2. The smallest absolute Gasteiger partial charge is 0.121 e. The van der Waals surface area contributed by atoms with Gasteiger partial charge in [0.15, 0.2) is 0 Å². The molecule has 1 aromatic carbocycles. The van der Waals surface area contributed by atoms with Gasteiger partial charge in [0.2, 0.25) is 0 Å². The molecule has 3 nitrogen and oxygen atoms in total. The minimum Gasteiger partial charge on any atom is -0.341 e. The van der Waals surface area contributed by atoms with E-state index in [9.17, 15) is 0 Å². The topological polar surface area (TPSA) is 31.9 Å². The number of benzene rings is 1. The third-order valence-corrected chi connectivity index (χ3v) is 5.46. The Morgan fingerprint density at radius 1 is 1.25 bits per heavy atom. The second-order valence-electron chi connectivity index (χ2n) is 6.22. The highest BCUT2D eigenvalue weighted by atomic mass is 79.9. The van der Waals surface area contributed by atoms with Crippen molar-refractivity contribution >= 4 is 27.0 Å². The zero-order valence-corrected chi connectivity index (χ0v) is 13.2. The number of hydrogen-bond donors (Lipinski definition) is 1. The lowest BCUT2D eigenvalue weighted by Gasteiger charge is -2.31. The van der Waals surface area contributed by atoms with Crippen LogP contribution in [-0.2, 0) is 6.54 Å². The van der Waals surface area contributed by atoms with E-state index in [-0.39, 0.29) is 0 Å². The van der Waals surface area contributed by atoms with Crippen LogP contribution in [0.1, 0.15) is 37.9 Å². The van der Waals surface area contributed by atoms with Gasteiger partial charge >= 0.3 is 0 Å². The average Bonchev–Trinajstić information content (AvgIpc) is 3.03. The highest BCUT2D eigenvalue weighted by molar-refractivity contribution is 9.10. The summed E-state index contributed by atoms with van der Waals surface area (Å²) in [7, 11) is 0. The maximum Gasteiger partial charge on any atom is 0.121 e. The summed E-state index contributed by atoms with van der Waals surface area (Å²) in [4.78, 5) is 10.9.